The smallest absolute Gasteiger partial charge is 0.265 e. The molecule has 0 bridgehead atoms. The number of hydrogen-bond donors (Lipinski definition) is 0. The first-order valence-corrected chi connectivity index (χ1v) is 11.1. The maximum Gasteiger partial charge on any atom is 0.265 e. The molecule has 0 saturated carbocycles. The van der Waals surface area contributed by atoms with Crippen LogP contribution in [0.15, 0.2) is 36.8 Å². The van der Waals surface area contributed by atoms with Gasteiger partial charge in [-0.05, 0) is 48.9 Å². The second-order valence-corrected chi connectivity index (χ2v) is 9.08. The second-order valence-electron chi connectivity index (χ2n) is 7.48. The van der Waals surface area contributed by atoms with Gasteiger partial charge in [0.25, 0.3) is 10.1 Å². The summed E-state index contributed by atoms with van der Waals surface area (Å²) in [5, 5.41) is 1.13. The first-order chi connectivity index (χ1) is 13.3. The normalized spacial score (nSPS) is 16.2. The minimum atomic E-state index is -3.63. The molecular weight excluding hydrogens is 376 g/mol. The van der Waals surface area contributed by atoms with Gasteiger partial charge in [-0.3, -0.25) is 9.17 Å². The van der Waals surface area contributed by atoms with Gasteiger partial charge in [-0.25, -0.2) is 4.98 Å². The van der Waals surface area contributed by atoms with Gasteiger partial charge in [-0.1, -0.05) is 0 Å². The molecule has 3 aromatic heterocycles. The van der Waals surface area contributed by atoms with Crippen LogP contribution in [0.3, 0.4) is 0 Å². The molecule has 0 saturated heterocycles. The molecule has 0 fully saturated rings. The van der Waals surface area contributed by atoms with E-state index in [1.54, 1.807) is 24.5 Å². The highest BCUT2D eigenvalue weighted by Gasteiger charge is 2.26. The maximum atomic E-state index is 11.9. The molecule has 0 aliphatic carbocycles. The fourth-order valence-corrected chi connectivity index (χ4v) is 4.49. The standard InChI is InChI=1S/C20H24N4O3S/c1-14-10-16-17-12-23(2)9-6-18(17)24(20(16)22-11-14)13-19(27-28(3,25)26)15-4-7-21-8-5-15/h4-5,7-8,10-11,19H,6,9,12-13H2,1-3H3. The fourth-order valence-electron chi connectivity index (χ4n) is 3.90. The van der Waals surface area contributed by atoms with Crippen molar-refractivity contribution in [2.24, 2.45) is 0 Å². The molecule has 28 heavy (non-hydrogen) atoms. The van der Waals surface area contributed by atoms with Crippen molar-refractivity contribution in [2.75, 3.05) is 19.8 Å². The number of hydrogen-bond acceptors (Lipinski definition) is 6. The van der Waals surface area contributed by atoms with E-state index in [0.717, 1.165) is 47.9 Å². The fraction of sp³-hybridized carbons (Fsp3) is 0.400. The molecule has 148 valence electrons. The van der Waals surface area contributed by atoms with Crippen LogP contribution in [-0.4, -0.2) is 47.7 Å². The number of pyridine rings is 2. The van der Waals surface area contributed by atoms with Crippen molar-refractivity contribution in [3.05, 3.63) is 59.2 Å². The average molecular weight is 401 g/mol. The summed E-state index contributed by atoms with van der Waals surface area (Å²) in [4.78, 5) is 11.0. The third kappa shape index (κ3) is 3.80. The van der Waals surface area contributed by atoms with Crippen LogP contribution in [0.1, 0.15) is 28.5 Å². The lowest BCUT2D eigenvalue weighted by atomic mass is 10.0. The molecule has 1 unspecified atom stereocenters. The van der Waals surface area contributed by atoms with Crippen molar-refractivity contribution < 1.29 is 12.6 Å². The summed E-state index contributed by atoms with van der Waals surface area (Å²) in [5.41, 5.74) is 5.24. The van der Waals surface area contributed by atoms with Crippen LogP contribution in [-0.2, 0) is 33.8 Å². The average Bonchev–Trinajstić information content (AvgIpc) is 2.93. The third-order valence-electron chi connectivity index (χ3n) is 5.13. The summed E-state index contributed by atoms with van der Waals surface area (Å²) in [6, 6.07) is 5.74. The van der Waals surface area contributed by atoms with Crippen molar-refractivity contribution in [2.45, 2.75) is 32.5 Å². The van der Waals surface area contributed by atoms with Crippen molar-refractivity contribution in [3.63, 3.8) is 0 Å². The van der Waals surface area contributed by atoms with Crippen molar-refractivity contribution >= 4 is 21.2 Å². The number of aromatic nitrogens is 3. The van der Waals surface area contributed by atoms with Gasteiger partial charge in [-0.2, -0.15) is 8.42 Å². The lowest BCUT2D eigenvalue weighted by Crippen LogP contribution is -2.28. The first kappa shape index (κ1) is 19.0. The molecule has 7 nitrogen and oxygen atoms in total. The van der Waals surface area contributed by atoms with Gasteiger partial charge in [0.05, 0.1) is 12.8 Å². The Morgan fingerprint density at radius 1 is 1.29 bits per heavy atom. The highest BCUT2D eigenvalue weighted by Crippen LogP contribution is 2.32. The summed E-state index contributed by atoms with van der Waals surface area (Å²) in [5.74, 6) is 0. The van der Waals surface area contributed by atoms with Crippen molar-refractivity contribution in [1.29, 1.82) is 0 Å². The Labute approximate surface area is 165 Å². The summed E-state index contributed by atoms with van der Waals surface area (Å²) in [6.07, 6.45) is 6.49. The van der Waals surface area contributed by atoms with Crippen LogP contribution in [0, 0.1) is 6.92 Å². The van der Waals surface area contributed by atoms with Gasteiger partial charge in [0.15, 0.2) is 0 Å². The zero-order chi connectivity index (χ0) is 19.9. The summed E-state index contributed by atoms with van der Waals surface area (Å²) in [6.45, 7) is 4.23. The van der Waals surface area contributed by atoms with Crippen LogP contribution in [0.2, 0.25) is 0 Å². The Hall–Kier alpha value is -2.29. The Kier molecular flexibility index (Phi) is 4.95. The SMILES string of the molecule is Cc1cnc2c(c1)c1c(n2CC(OS(C)(=O)=O)c2ccncc2)CCN(C)C1. The molecule has 1 aliphatic heterocycles. The second kappa shape index (κ2) is 7.27. The van der Waals surface area contributed by atoms with Gasteiger partial charge >= 0.3 is 0 Å². The zero-order valence-corrected chi connectivity index (χ0v) is 17.1. The number of rotatable bonds is 5. The zero-order valence-electron chi connectivity index (χ0n) is 16.3. The number of nitrogens with zero attached hydrogens (tertiary/aromatic N) is 4. The summed E-state index contributed by atoms with van der Waals surface area (Å²) in [7, 11) is -1.51. The quantitative estimate of drug-likeness (QED) is 0.612. The van der Waals surface area contributed by atoms with Crippen LogP contribution < -0.4 is 0 Å². The molecule has 0 aromatic carbocycles. The van der Waals surface area contributed by atoms with Crippen molar-refractivity contribution in [3.8, 4) is 0 Å². The largest absolute Gasteiger partial charge is 0.326 e. The summed E-state index contributed by atoms with van der Waals surface area (Å²) < 4.78 is 31.4. The number of likely N-dealkylation sites (N-methyl/N-ethyl adjacent to an activating group) is 1. The van der Waals surface area contributed by atoms with E-state index in [1.807, 2.05) is 13.1 Å². The van der Waals surface area contributed by atoms with Gasteiger partial charge in [-0.15, -0.1) is 0 Å². The van der Waals surface area contributed by atoms with E-state index in [-0.39, 0.29) is 0 Å². The molecule has 4 heterocycles. The molecule has 0 spiro atoms. The minimum Gasteiger partial charge on any atom is -0.326 e. The molecule has 1 atom stereocenters. The molecule has 8 heteroatoms. The highest BCUT2D eigenvalue weighted by atomic mass is 32.2. The van der Waals surface area contributed by atoms with E-state index < -0.39 is 16.2 Å². The molecule has 0 amide bonds. The van der Waals surface area contributed by atoms with Gasteiger partial charge in [0.2, 0.25) is 0 Å². The predicted molar refractivity (Wildman–Crippen MR) is 107 cm³/mol. The third-order valence-corrected chi connectivity index (χ3v) is 5.72. The molecular formula is C20H24N4O3S. The Morgan fingerprint density at radius 3 is 2.75 bits per heavy atom. The van der Waals surface area contributed by atoms with E-state index in [0.29, 0.717) is 6.54 Å². The predicted octanol–water partition coefficient (Wildman–Crippen LogP) is 2.45. The van der Waals surface area contributed by atoms with Crippen LogP contribution in [0.5, 0.6) is 0 Å². The Balaban J connectivity index is 1.83. The van der Waals surface area contributed by atoms with E-state index in [2.05, 4.69) is 32.5 Å². The maximum absolute atomic E-state index is 11.9. The summed E-state index contributed by atoms with van der Waals surface area (Å²) >= 11 is 0. The monoisotopic (exact) mass is 400 g/mol. The molecule has 0 N–H and O–H groups in total. The minimum absolute atomic E-state index is 0.378. The Bertz CT molecular complexity index is 1110. The number of aryl methyl sites for hydroxylation is 1. The Morgan fingerprint density at radius 2 is 2.04 bits per heavy atom. The molecule has 1 aliphatic rings. The van der Waals surface area contributed by atoms with Crippen LogP contribution in [0.25, 0.3) is 11.0 Å². The van der Waals surface area contributed by atoms with Gasteiger partial charge < -0.3 is 9.47 Å². The van der Waals surface area contributed by atoms with E-state index in [4.69, 9.17) is 4.18 Å². The van der Waals surface area contributed by atoms with Gasteiger partial charge in [0, 0.05) is 49.2 Å². The van der Waals surface area contributed by atoms with E-state index >= 15 is 0 Å². The van der Waals surface area contributed by atoms with Crippen LogP contribution >= 0.6 is 0 Å². The lowest BCUT2D eigenvalue weighted by molar-refractivity contribution is 0.192. The lowest BCUT2D eigenvalue weighted by Gasteiger charge is -2.25. The van der Waals surface area contributed by atoms with Gasteiger partial charge in [0.1, 0.15) is 11.8 Å². The molecule has 3 aromatic rings. The topological polar surface area (TPSA) is 77.3 Å². The highest BCUT2D eigenvalue weighted by molar-refractivity contribution is 7.86. The van der Waals surface area contributed by atoms with Crippen molar-refractivity contribution in [1.82, 2.24) is 19.4 Å². The molecule has 0 radical (unpaired) electrons. The first-order valence-electron chi connectivity index (χ1n) is 9.25. The van der Waals surface area contributed by atoms with Crippen LogP contribution in [0.4, 0.5) is 0 Å². The molecule has 4 rings (SSSR count). The number of fused-ring (bicyclic) bond motifs is 3. The van der Waals surface area contributed by atoms with E-state index in [1.165, 1.54) is 11.3 Å². The van der Waals surface area contributed by atoms with E-state index in [9.17, 15) is 8.42 Å².